The minimum atomic E-state index is -4.39. The molecule has 0 atom stereocenters. The molecule has 228 valence electrons. The molecule has 1 heterocycles. The Hall–Kier alpha value is -4.10. The molecule has 0 aliphatic carbocycles. The van der Waals surface area contributed by atoms with Crippen molar-refractivity contribution in [1.29, 1.82) is 0 Å². The van der Waals surface area contributed by atoms with E-state index in [9.17, 15) is 28.1 Å². The molecule has 1 saturated heterocycles. The van der Waals surface area contributed by atoms with Gasteiger partial charge in [0, 0.05) is 47.6 Å². The van der Waals surface area contributed by atoms with E-state index in [0.717, 1.165) is 16.6 Å². The van der Waals surface area contributed by atoms with Gasteiger partial charge in [0.15, 0.2) is 0 Å². The quantitative estimate of drug-likeness (QED) is 0.0916. The van der Waals surface area contributed by atoms with Gasteiger partial charge in [-0.15, -0.1) is 11.8 Å². The number of piperidine rings is 1. The number of hydrogen-bond donors (Lipinski definition) is 2. The number of thioether (sulfide) groups is 1. The maximum absolute atomic E-state index is 13.0. The lowest BCUT2D eigenvalue weighted by Crippen LogP contribution is -2.43. The van der Waals surface area contributed by atoms with Crippen molar-refractivity contribution in [3.63, 3.8) is 0 Å². The van der Waals surface area contributed by atoms with Crippen molar-refractivity contribution in [2.45, 2.75) is 36.5 Å². The van der Waals surface area contributed by atoms with Crippen LogP contribution in [0.1, 0.15) is 37.0 Å². The minimum absolute atomic E-state index is 0.115. The number of benzene rings is 3. The first-order valence-corrected chi connectivity index (χ1v) is 16.3. The number of sulfonamides is 1. The Morgan fingerprint density at radius 3 is 2.35 bits per heavy atom. The number of carbonyl (C=O) groups excluding carboxylic acids is 2. The molecule has 11 nitrogen and oxygen atoms in total. The molecule has 3 aromatic carbocycles. The molecule has 0 aromatic heterocycles. The van der Waals surface area contributed by atoms with Crippen LogP contribution < -0.4 is 14.9 Å². The highest BCUT2D eigenvalue weighted by molar-refractivity contribution is 7.99. The Morgan fingerprint density at radius 2 is 1.72 bits per heavy atom. The Bertz CT molecular complexity index is 1560. The van der Waals surface area contributed by atoms with Crippen molar-refractivity contribution < 1.29 is 27.7 Å². The van der Waals surface area contributed by atoms with Gasteiger partial charge in [-0.2, -0.15) is 0 Å². The number of carbonyl (C=O) groups is 2. The van der Waals surface area contributed by atoms with Gasteiger partial charge in [-0.3, -0.25) is 19.7 Å². The molecule has 43 heavy (non-hydrogen) atoms. The van der Waals surface area contributed by atoms with Crippen LogP contribution in [0.5, 0.6) is 0 Å². The molecule has 0 spiro atoms. The summed E-state index contributed by atoms with van der Waals surface area (Å²) in [6.07, 6.45) is 1.25. The molecule has 1 aliphatic heterocycles. The number of amides is 1. The Morgan fingerprint density at radius 1 is 1.05 bits per heavy atom. The summed E-state index contributed by atoms with van der Waals surface area (Å²) in [6.45, 7) is 5.70. The van der Waals surface area contributed by atoms with E-state index in [4.69, 9.17) is 4.74 Å². The Kier molecular flexibility index (Phi) is 10.3. The number of nitro benzene ring substituents is 1. The number of ether oxygens (including phenoxy) is 1. The van der Waals surface area contributed by atoms with Crippen molar-refractivity contribution in [3.05, 3.63) is 88.5 Å². The summed E-state index contributed by atoms with van der Waals surface area (Å²) >= 11 is 1.58. The van der Waals surface area contributed by atoms with Crippen LogP contribution in [0.3, 0.4) is 0 Å². The first kappa shape index (κ1) is 31.8. The van der Waals surface area contributed by atoms with Crippen LogP contribution in [0.2, 0.25) is 0 Å². The van der Waals surface area contributed by atoms with E-state index >= 15 is 0 Å². The number of esters is 1. The maximum Gasteiger partial charge on any atom is 0.311 e. The van der Waals surface area contributed by atoms with Crippen LogP contribution in [0.25, 0.3) is 0 Å². The third kappa shape index (κ3) is 8.05. The average molecular weight is 627 g/mol. The lowest BCUT2D eigenvalue weighted by Gasteiger charge is -2.38. The van der Waals surface area contributed by atoms with Crippen LogP contribution in [0.15, 0.2) is 82.6 Å². The number of rotatable bonds is 12. The van der Waals surface area contributed by atoms with Crippen LogP contribution in [0, 0.1) is 15.5 Å². The number of hydrogen-bond acceptors (Lipinski definition) is 10. The van der Waals surface area contributed by atoms with Crippen LogP contribution in [-0.4, -0.2) is 57.2 Å². The summed E-state index contributed by atoms with van der Waals surface area (Å²) in [7, 11) is -4.39. The van der Waals surface area contributed by atoms with Gasteiger partial charge in [0.25, 0.3) is 21.6 Å². The van der Waals surface area contributed by atoms with E-state index in [2.05, 4.69) is 10.2 Å². The van der Waals surface area contributed by atoms with Crippen LogP contribution in [0.4, 0.5) is 17.1 Å². The highest BCUT2D eigenvalue weighted by Crippen LogP contribution is 2.34. The normalized spacial score (nSPS) is 14.5. The van der Waals surface area contributed by atoms with Gasteiger partial charge in [-0.05, 0) is 75.2 Å². The molecular weight excluding hydrogens is 592 g/mol. The monoisotopic (exact) mass is 626 g/mol. The highest BCUT2D eigenvalue weighted by atomic mass is 32.2. The van der Waals surface area contributed by atoms with Crippen LogP contribution in [-0.2, 0) is 19.6 Å². The largest absolute Gasteiger partial charge is 0.466 e. The number of nitrogens with one attached hydrogen (secondary N) is 2. The van der Waals surface area contributed by atoms with Gasteiger partial charge in [-0.1, -0.05) is 18.2 Å². The smallest absolute Gasteiger partial charge is 0.311 e. The van der Waals surface area contributed by atoms with E-state index in [1.165, 1.54) is 24.3 Å². The third-order valence-corrected chi connectivity index (χ3v) is 9.60. The summed E-state index contributed by atoms with van der Waals surface area (Å²) in [5.74, 6) is -0.416. The predicted octanol–water partition coefficient (Wildman–Crippen LogP) is 5.09. The third-order valence-electron chi connectivity index (χ3n) is 7.26. The Labute approximate surface area is 255 Å². The lowest BCUT2D eigenvalue weighted by molar-refractivity contribution is -0.384. The fourth-order valence-electron chi connectivity index (χ4n) is 4.68. The van der Waals surface area contributed by atoms with Gasteiger partial charge in [0.1, 0.15) is 5.69 Å². The zero-order chi connectivity index (χ0) is 31.0. The predicted molar refractivity (Wildman–Crippen MR) is 166 cm³/mol. The molecule has 0 saturated carbocycles. The second kappa shape index (κ2) is 13.9. The number of nitro groups is 1. The van der Waals surface area contributed by atoms with E-state index in [1.807, 2.05) is 42.0 Å². The molecule has 1 aliphatic rings. The molecule has 13 heteroatoms. The van der Waals surface area contributed by atoms with Crippen molar-refractivity contribution in [2.75, 3.05) is 42.2 Å². The molecule has 4 rings (SSSR count). The lowest BCUT2D eigenvalue weighted by atomic mass is 9.80. The van der Waals surface area contributed by atoms with Crippen molar-refractivity contribution >= 4 is 50.7 Å². The molecule has 2 N–H and O–H groups in total. The van der Waals surface area contributed by atoms with E-state index in [-0.39, 0.29) is 17.2 Å². The topological polar surface area (TPSA) is 148 Å². The molecule has 1 amide bonds. The number of anilines is 2. The standard InChI is InChI=1S/C30H34N4O7S2/c1-3-41-29(36)30(2)15-18-33(19-16-30)23-11-9-22(10-12-23)28(35)32-43(39,40)25-13-14-26(27(21-25)34(37)38)31-17-20-42-24-7-5-4-6-8-24/h4-14,21,31H,3,15-20H2,1-2H3,(H,32,35). The van der Waals surface area contributed by atoms with Gasteiger partial charge < -0.3 is 15.0 Å². The first-order chi connectivity index (χ1) is 20.5. The van der Waals surface area contributed by atoms with Gasteiger partial charge in [0.2, 0.25) is 0 Å². The summed E-state index contributed by atoms with van der Waals surface area (Å²) < 4.78 is 33.2. The molecular formula is C30H34N4O7S2. The second-order valence-electron chi connectivity index (χ2n) is 10.3. The molecule has 3 aromatic rings. The van der Waals surface area contributed by atoms with Gasteiger partial charge in [0.05, 0.1) is 21.8 Å². The van der Waals surface area contributed by atoms with Crippen molar-refractivity contribution in [2.24, 2.45) is 5.41 Å². The van der Waals surface area contributed by atoms with Gasteiger partial charge >= 0.3 is 5.97 Å². The van der Waals surface area contributed by atoms with Crippen molar-refractivity contribution in [3.8, 4) is 0 Å². The fourth-order valence-corrected chi connectivity index (χ4v) is 6.47. The Balaban J connectivity index is 1.36. The first-order valence-electron chi connectivity index (χ1n) is 13.8. The summed E-state index contributed by atoms with van der Waals surface area (Å²) in [5, 5.41) is 14.7. The zero-order valence-electron chi connectivity index (χ0n) is 23.9. The molecule has 0 bridgehead atoms. The van der Waals surface area contributed by atoms with E-state index in [1.54, 1.807) is 30.8 Å². The van der Waals surface area contributed by atoms with E-state index in [0.29, 0.717) is 44.8 Å². The minimum Gasteiger partial charge on any atom is -0.466 e. The number of nitrogens with zero attached hydrogens (tertiary/aromatic N) is 2. The fraction of sp³-hybridized carbons (Fsp3) is 0.333. The van der Waals surface area contributed by atoms with Gasteiger partial charge in [-0.25, -0.2) is 13.1 Å². The summed E-state index contributed by atoms with van der Waals surface area (Å²) in [4.78, 5) is 38.9. The maximum atomic E-state index is 13.0. The zero-order valence-corrected chi connectivity index (χ0v) is 25.6. The van der Waals surface area contributed by atoms with E-state index < -0.39 is 36.9 Å². The summed E-state index contributed by atoms with van der Waals surface area (Å²) in [6, 6.07) is 19.6. The highest BCUT2D eigenvalue weighted by Gasteiger charge is 2.38. The average Bonchev–Trinajstić information content (AvgIpc) is 3.00. The SMILES string of the molecule is CCOC(=O)C1(C)CCN(c2ccc(C(=O)NS(=O)(=O)c3ccc(NCCSc4ccccc4)c([N+](=O)[O-])c3)cc2)CC1. The summed E-state index contributed by atoms with van der Waals surface area (Å²) in [5.41, 5.74) is 0.186. The van der Waals surface area contributed by atoms with Crippen molar-refractivity contribution in [1.82, 2.24) is 4.72 Å². The van der Waals surface area contributed by atoms with Crippen LogP contribution >= 0.6 is 11.8 Å². The molecule has 0 unspecified atom stereocenters. The molecule has 0 radical (unpaired) electrons. The second-order valence-corrected chi connectivity index (χ2v) is 13.1. The molecule has 1 fully saturated rings.